The van der Waals surface area contributed by atoms with Crippen LogP contribution < -0.4 is 5.32 Å². The molecule has 4 nitrogen and oxygen atoms in total. The number of aliphatic hydroxyl groups is 1. The smallest absolute Gasteiger partial charge is 0.337 e. The molecule has 1 unspecified atom stereocenters. The number of aromatic carboxylic acids is 1. The van der Waals surface area contributed by atoms with Crippen molar-refractivity contribution >= 4 is 11.7 Å². The second kappa shape index (κ2) is 5.75. The van der Waals surface area contributed by atoms with Gasteiger partial charge in [0.25, 0.3) is 0 Å². The molecular formula is C16H17NO3. The Morgan fingerprint density at radius 2 is 1.70 bits per heavy atom. The average Bonchev–Trinajstić information content (AvgIpc) is 2.48. The van der Waals surface area contributed by atoms with Crippen molar-refractivity contribution < 1.29 is 15.0 Å². The molecule has 2 aromatic rings. The van der Waals surface area contributed by atoms with Crippen molar-refractivity contribution in [2.45, 2.75) is 12.5 Å². The lowest BCUT2D eigenvalue weighted by Crippen LogP contribution is -2.36. The van der Waals surface area contributed by atoms with Crippen LogP contribution in [0.3, 0.4) is 0 Å². The number of aliphatic hydroxyl groups excluding tert-OH is 1. The average molecular weight is 271 g/mol. The van der Waals surface area contributed by atoms with Gasteiger partial charge >= 0.3 is 5.97 Å². The first-order valence-electron chi connectivity index (χ1n) is 6.34. The van der Waals surface area contributed by atoms with Crippen molar-refractivity contribution in [3.63, 3.8) is 0 Å². The molecule has 3 N–H and O–H groups in total. The Morgan fingerprint density at radius 1 is 1.10 bits per heavy atom. The largest absolute Gasteiger partial charge is 0.478 e. The van der Waals surface area contributed by atoms with Crippen LogP contribution in [0.15, 0.2) is 54.6 Å². The zero-order valence-corrected chi connectivity index (χ0v) is 11.2. The molecular weight excluding hydrogens is 254 g/mol. The summed E-state index contributed by atoms with van der Waals surface area (Å²) in [6, 6.07) is 16.1. The molecule has 0 saturated heterocycles. The minimum Gasteiger partial charge on any atom is -0.478 e. The van der Waals surface area contributed by atoms with Gasteiger partial charge in [-0.3, -0.25) is 0 Å². The van der Waals surface area contributed by atoms with Gasteiger partial charge in [0.2, 0.25) is 0 Å². The summed E-state index contributed by atoms with van der Waals surface area (Å²) in [5.41, 5.74) is 0.818. The first-order valence-corrected chi connectivity index (χ1v) is 6.34. The highest BCUT2D eigenvalue weighted by molar-refractivity contribution is 5.94. The molecule has 2 rings (SSSR count). The fraction of sp³-hybridized carbons (Fsp3) is 0.188. The van der Waals surface area contributed by atoms with Crippen LogP contribution in [0, 0.1) is 0 Å². The summed E-state index contributed by atoms with van der Waals surface area (Å²) in [5, 5.41) is 22.1. The Bertz CT molecular complexity index is 598. The summed E-state index contributed by atoms with van der Waals surface area (Å²) in [6.45, 7) is 1.69. The van der Waals surface area contributed by atoms with Crippen molar-refractivity contribution in [3.8, 4) is 0 Å². The monoisotopic (exact) mass is 271 g/mol. The maximum Gasteiger partial charge on any atom is 0.337 e. The first kappa shape index (κ1) is 14.1. The quantitative estimate of drug-likeness (QED) is 0.782. The summed E-state index contributed by atoms with van der Waals surface area (Å²) in [7, 11) is 0. The van der Waals surface area contributed by atoms with E-state index in [1.54, 1.807) is 18.2 Å². The zero-order valence-electron chi connectivity index (χ0n) is 11.2. The molecule has 1 atom stereocenters. The van der Waals surface area contributed by atoms with Gasteiger partial charge in [0.05, 0.1) is 17.7 Å². The number of nitrogens with one attached hydrogen (secondary N) is 1. The molecule has 104 valence electrons. The van der Waals surface area contributed by atoms with Gasteiger partial charge in [0.15, 0.2) is 0 Å². The third-order valence-corrected chi connectivity index (χ3v) is 3.30. The maximum atomic E-state index is 11.2. The van der Waals surface area contributed by atoms with Crippen LogP contribution in [0.5, 0.6) is 0 Å². The van der Waals surface area contributed by atoms with E-state index in [-0.39, 0.29) is 12.2 Å². The van der Waals surface area contributed by atoms with Crippen LogP contribution in [0.25, 0.3) is 0 Å². The number of carbonyl (C=O) groups is 1. The van der Waals surface area contributed by atoms with Crippen molar-refractivity contribution in [1.29, 1.82) is 0 Å². The van der Waals surface area contributed by atoms with E-state index in [1.807, 2.05) is 37.3 Å². The van der Waals surface area contributed by atoms with E-state index in [9.17, 15) is 15.0 Å². The summed E-state index contributed by atoms with van der Waals surface area (Å²) in [5.74, 6) is -0.999. The number of hydrogen-bond acceptors (Lipinski definition) is 3. The van der Waals surface area contributed by atoms with Crippen LogP contribution in [0.2, 0.25) is 0 Å². The minimum atomic E-state index is -0.999. The van der Waals surface area contributed by atoms with E-state index in [2.05, 4.69) is 5.32 Å². The standard InChI is InChI=1S/C16H17NO3/c1-16(11-18,12-7-3-2-4-8-12)17-14-10-6-5-9-13(14)15(19)20/h2-10,17-18H,11H2,1H3,(H,19,20). The Hall–Kier alpha value is -2.33. The lowest BCUT2D eigenvalue weighted by atomic mass is 9.92. The lowest BCUT2D eigenvalue weighted by molar-refractivity contribution is 0.0697. The fourth-order valence-electron chi connectivity index (χ4n) is 2.08. The second-order valence-electron chi connectivity index (χ2n) is 4.83. The molecule has 0 aliphatic heterocycles. The fourth-order valence-corrected chi connectivity index (χ4v) is 2.08. The lowest BCUT2D eigenvalue weighted by Gasteiger charge is -2.31. The minimum absolute atomic E-state index is 0.148. The molecule has 0 fully saturated rings. The molecule has 0 bridgehead atoms. The number of benzene rings is 2. The zero-order chi connectivity index (χ0) is 14.6. The molecule has 0 aliphatic carbocycles. The van der Waals surface area contributed by atoms with E-state index in [1.165, 1.54) is 6.07 Å². The topological polar surface area (TPSA) is 69.6 Å². The molecule has 0 radical (unpaired) electrons. The maximum absolute atomic E-state index is 11.2. The molecule has 0 saturated carbocycles. The summed E-state index contributed by atoms with van der Waals surface area (Å²) >= 11 is 0. The molecule has 0 spiro atoms. The van der Waals surface area contributed by atoms with Gasteiger partial charge in [0, 0.05) is 5.69 Å². The Morgan fingerprint density at radius 3 is 2.30 bits per heavy atom. The van der Waals surface area contributed by atoms with E-state index >= 15 is 0 Å². The van der Waals surface area contributed by atoms with Gasteiger partial charge in [-0.05, 0) is 24.6 Å². The van der Waals surface area contributed by atoms with Gasteiger partial charge in [0.1, 0.15) is 0 Å². The van der Waals surface area contributed by atoms with Crippen LogP contribution in [-0.2, 0) is 5.54 Å². The second-order valence-corrected chi connectivity index (χ2v) is 4.83. The molecule has 20 heavy (non-hydrogen) atoms. The molecule has 0 amide bonds. The Kier molecular flexibility index (Phi) is 4.05. The van der Waals surface area contributed by atoms with Crippen LogP contribution in [0.1, 0.15) is 22.8 Å². The molecule has 4 heteroatoms. The van der Waals surface area contributed by atoms with Crippen molar-refractivity contribution in [2.75, 3.05) is 11.9 Å². The number of rotatable bonds is 5. The highest BCUT2D eigenvalue weighted by atomic mass is 16.4. The van der Waals surface area contributed by atoms with Crippen molar-refractivity contribution in [1.82, 2.24) is 0 Å². The number of para-hydroxylation sites is 1. The molecule has 2 aromatic carbocycles. The van der Waals surface area contributed by atoms with E-state index < -0.39 is 11.5 Å². The summed E-state index contributed by atoms with van der Waals surface area (Å²) in [6.07, 6.45) is 0. The number of carboxylic acids is 1. The number of anilines is 1. The number of hydrogen-bond donors (Lipinski definition) is 3. The van der Waals surface area contributed by atoms with Gasteiger partial charge < -0.3 is 15.5 Å². The highest BCUT2D eigenvalue weighted by Gasteiger charge is 2.26. The summed E-state index contributed by atoms with van der Waals surface area (Å²) in [4.78, 5) is 11.2. The van der Waals surface area contributed by atoms with Gasteiger partial charge in [-0.2, -0.15) is 0 Å². The Labute approximate surface area is 117 Å². The predicted molar refractivity (Wildman–Crippen MR) is 77.9 cm³/mol. The third-order valence-electron chi connectivity index (χ3n) is 3.30. The van der Waals surface area contributed by atoms with Crippen LogP contribution >= 0.6 is 0 Å². The van der Waals surface area contributed by atoms with Gasteiger partial charge in [-0.15, -0.1) is 0 Å². The van der Waals surface area contributed by atoms with Crippen molar-refractivity contribution in [3.05, 3.63) is 65.7 Å². The van der Waals surface area contributed by atoms with Gasteiger partial charge in [-0.1, -0.05) is 42.5 Å². The number of carboxylic acid groups (broad SMARTS) is 1. The normalized spacial score (nSPS) is 13.5. The third kappa shape index (κ3) is 2.81. The highest BCUT2D eigenvalue weighted by Crippen LogP contribution is 2.27. The first-order chi connectivity index (χ1) is 9.57. The summed E-state index contributed by atoms with van der Waals surface area (Å²) < 4.78 is 0. The molecule has 0 aromatic heterocycles. The van der Waals surface area contributed by atoms with Crippen molar-refractivity contribution in [2.24, 2.45) is 0 Å². The van der Waals surface area contributed by atoms with Crippen LogP contribution in [-0.4, -0.2) is 22.8 Å². The van der Waals surface area contributed by atoms with Crippen LogP contribution in [0.4, 0.5) is 5.69 Å². The SMILES string of the molecule is CC(CO)(Nc1ccccc1C(=O)O)c1ccccc1. The predicted octanol–water partition coefficient (Wildman–Crippen LogP) is 2.70. The van der Waals surface area contributed by atoms with Gasteiger partial charge in [-0.25, -0.2) is 4.79 Å². The van der Waals surface area contributed by atoms with E-state index in [0.29, 0.717) is 5.69 Å². The van der Waals surface area contributed by atoms with E-state index in [0.717, 1.165) is 5.56 Å². The molecule has 0 heterocycles. The van der Waals surface area contributed by atoms with E-state index in [4.69, 9.17) is 0 Å². The Balaban J connectivity index is 2.39. The molecule has 0 aliphatic rings.